The number of likely N-dealkylation sites (tertiary alicyclic amines) is 1. The molecule has 0 radical (unpaired) electrons. The summed E-state index contributed by atoms with van der Waals surface area (Å²) in [6.07, 6.45) is 2.66. The molecular formula is C15H21N7O. The number of hydrogen-bond acceptors (Lipinski definition) is 5. The topological polar surface area (TPSA) is 128 Å². The monoisotopic (exact) mass is 315 g/mol. The summed E-state index contributed by atoms with van der Waals surface area (Å²) < 4.78 is 0. The number of H-pyrrole nitrogens is 1. The molecule has 2 unspecified atom stereocenters. The lowest BCUT2D eigenvalue weighted by atomic mass is 9.89. The molecule has 0 bridgehead atoms. The van der Waals surface area contributed by atoms with Gasteiger partial charge in [-0.05, 0) is 18.4 Å². The SMILES string of the molecule is N#CCC(=O)N1CC2CCN(N=C(N)c3cc[nH]c3N)CC2C1. The summed E-state index contributed by atoms with van der Waals surface area (Å²) in [5, 5.41) is 15.1. The summed E-state index contributed by atoms with van der Waals surface area (Å²) in [7, 11) is 0. The molecule has 2 atom stereocenters. The second-order valence-electron chi connectivity index (χ2n) is 6.15. The van der Waals surface area contributed by atoms with Crippen LogP contribution >= 0.6 is 0 Å². The maximum absolute atomic E-state index is 11.9. The molecule has 0 saturated carbocycles. The lowest BCUT2D eigenvalue weighted by Gasteiger charge is -2.32. The summed E-state index contributed by atoms with van der Waals surface area (Å²) in [5.41, 5.74) is 12.6. The number of aromatic amines is 1. The van der Waals surface area contributed by atoms with E-state index in [2.05, 4.69) is 10.1 Å². The van der Waals surface area contributed by atoms with Gasteiger partial charge in [-0.3, -0.25) is 9.80 Å². The molecule has 3 rings (SSSR count). The van der Waals surface area contributed by atoms with Crippen LogP contribution in [0.15, 0.2) is 17.4 Å². The number of anilines is 1. The number of carbonyl (C=O) groups excluding carboxylic acids is 1. The summed E-state index contributed by atoms with van der Waals surface area (Å²) in [4.78, 5) is 16.6. The first-order valence-electron chi connectivity index (χ1n) is 7.75. The average Bonchev–Trinajstić information content (AvgIpc) is 3.13. The van der Waals surface area contributed by atoms with Crippen LogP contribution in [0.2, 0.25) is 0 Å². The second-order valence-corrected chi connectivity index (χ2v) is 6.15. The smallest absolute Gasteiger partial charge is 0.236 e. The Balaban J connectivity index is 1.63. The number of nitrogen functional groups attached to an aromatic ring is 1. The van der Waals surface area contributed by atoms with Crippen LogP contribution in [0.3, 0.4) is 0 Å². The van der Waals surface area contributed by atoms with Crippen molar-refractivity contribution in [2.24, 2.45) is 22.7 Å². The van der Waals surface area contributed by atoms with Crippen LogP contribution in [0.25, 0.3) is 0 Å². The van der Waals surface area contributed by atoms with Gasteiger partial charge in [0.2, 0.25) is 5.91 Å². The van der Waals surface area contributed by atoms with E-state index in [1.165, 1.54) is 0 Å². The van der Waals surface area contributed by atoms with E-state index < -0.39 is 0 Å². The molecule has 0 spiro atoms. The van der Waals surface area contributed by atoms with Gasteiger partial charge in [0.25, 0.3) is 0 Å². The van der Waals surface area contributed by atoms with E-state index in [4.69, 9.17) is 16.7 Å². The average molecular weight is 315 g/mol. The Kier molecular flexibility index (Phi) is 4.10. The highest BCUT2D eigenvalue weighted by Crippen LogP contribution is 2.31. The zero-order valence-corrected chi connectivity index (χ0v) is 12.9. The normalized spacial score (nSPS) is 24.4. The predicted octanol–water partition coefficient (Wildman–Crippen LogP) is -0.0888. The molecule has 0 aliphatic carbocycles. The van der Waals surface area contributed by atoms with Gasteiger partial charge in [-0.15, -0.1) is 0 Å². The molecule has 2 aliphatic heterocycles. The zero-order chi connectivity index (χ0) is 16.4. The third-order valence-electron chi connectivity index (χ3n) is 4.67. The van der Waals surface area contributed by atoms with Gasteiger partial charge in [0.15, 0.2) is 5.84 Å². The quantitative estimate of drug-likeness (QED) is 0.530. The molecule has 1 aromatic heterocycles. The van der Waals surface area contributed by atoms with Crippen LogP contribution in [0.4, 0.5) is 5.82 Å². The summed E-state index contributed by atoms with van der Waals surface area (Å²) in [6.45, 7) is 3.03. The number of fused-ring (bicyclic) bond motifs is 1. The van der Waals surface area contributed by atoms with Crippen LogP contribution in [-0.2, 0) is 4.79 Å². The largest absolute Gasteiger partial charge is 0.385 e. The number of amides is 1. The molecule has 122 valence electrons. The van der Waals surface area contributed by atoms with Crippen LogP contribution in [-0.4, -0.2) is 52.8 Å². The van der Waals surface area contributed by atoms with Crippen LogP contribution in [0.1, 0.15) is 18.4 Å². The number of rotatable bonds is 3. The van der Waals surface area contributed by atoms with Gasteiger partial charge in [-0.2, -0.15) is 10.4 Å². The molecular weight excluding hydrogens is 294 g/mol. The van der Waals surface area contributed by atoms with Crippen molar-refractivity contribution in [1.29, 1.82) is 5.26 Å². The molecule has 23 heavy (non-hydrogen) atoms. The summed E-state index contributed by atoms with van der Waals surface area (Å²) in [6, 6.07) is 3.73. The third kappa shape index (κ3) is 3.08. The maximum Gasteiger partial charge on any atom is 0.236 e. The second kappa shape index (κ2) is 6.20. The first kappa shape index (κ1) is 15.2. The first-order chi connectivity index (χ1) is 11.1. The fourth-order valence-electron chi connectivity index (χ4n) is 3.44. The minimum absolute atomic E-state index is 0.0407. The number of hydrogen-bond donors (Lipinski definition) is 3. The van der Waals surface area contributed by atoms with Crippen molar-refractivity contribution < 1.29 is 4.79 Å². The number of piperidine rings is 1. The molecule has 8 heteroatoms. The Morgan fingerprint density at radius 1 is 1.43 bits per heavy atom. The number of nitrogens with zero attached hydrogens (tertiary/aromatic N) is 4. The van der Waals surface area contributed by atoms with Gasteiger partial charge in [0.1, 0.15) is 12.2 Å². The number of carbonyl (C=O) groups is 1. The fourth-order valence-corrected chi connectivity index (χ4v) is 3.44. The molecule has 2 fully saturated rings. The number of amidine groups is 1. The number of hydrazone groups is 1. The van der Waals surface area contributed by atoms with Gasteiger partial charge < -0.3 is 21.4 Å². The van der Waals surface area contributed by atoms with Crippen LogP contribution in [0.5, 0.6) is 0 Å². The number of aromatic nitrogens is 1. The maximum atomic E-state index is 11.9. The van der Waals surface area contributed by atoms with Gasteiger partial charge in [0.05, 0.1) is 11.6 Å². The van der Waals surface area contributed by atoms with Crippen molar-refractivity contribution in [1.82, 2.24) is 14.9 Å². The molecule has 1 aromatic rings. The van der Waals surface area contributed by atoms with Gasteiger partial charge in [-0.25, -0.2) is 0 Å². The highest BCUT2D eigenvalue weighted by atomic mass is 16.2. The van der Waals surface area contributed by atoms with Crippen molar-refractivity contribution in [2.45, 2.75) is 12.8 Å². The lowest BCUT2D eigenvalue weighted by molar-refractivity contribution is -0.129. The zero-order valence-electron chi connectivity index (χ0n) is 12.9. The summed E-state index contributed by atoms with van der Waals surface area (Å²) >= 11 is 0. The van der Waals surface area contributed by atoms with E-state index in [1.54, 1.807) is 17.2 Å². The third-order valence-corrected chi connectivity index (χ3v) is 4.67. The van der Waals surface area contributed by atoms with E-state index in [0.29, 0.717) is 35.6 Å². The van der Waals surface area contributed by atoms with E-state index in [-0.39, 0.29) is 12.3 Å². The van der Waals surface area contributed by atoms with Crippen molar-refractivity contribution in [3.8, 4) is 6.07 Å². The fraction of sp³-hybridized carbons (Fsp3) is 0.533. The number of nitriles is 1. The van der Waals surface area contributed by atoms with E-state index >= 15 is 0 Å². The molecule has 5 N–H and O–H groups in total. The lowest BCUT2D eigenvalue weighted by Crippen LogP contribution is -2.38. The molecule has 3 heterocycles. The molecule has 2 aliphatic rings. The van der Waals surface area contributed by atoms with Crippen molar-refractivity contribution in [3.05, 3.63) is 17.8 Å². The number of nitrogens with one attached hydrogen (secondary N) is 1. The molecule has 0 aromatic carbocycles. The molecule has 1 amide bonds. The van der Waals surface area contributed by atoms with Crippen LogP contribution in [0, 0.1) is 23.2 Å². The highest BCUT2D eigenvalue weighted by Gasteiger charge is 2.38. The van der Waals surface area contributed by atoms with E-state index in [0.717, 1.165) is 26.1 Å². The predicted molar refractivity (Wildman–Crippen MR) is 85.9 cm³/mol. The van der Waals surface area contributed by atoms with E-state index in [9.17, 15) is 4.79 Å². The van der Waals surface area contributed by atoms with Gasteiger partial charge in [0, 0.05) is 38.3 Å². The summed E-state index contributed by atoms with van der Waals surface area (Å²) in [5.74, 6) is 1.71. The minimum Gasteiger partial charge on any atom is -0.385 e. The first-order valence-corrected chi connectivity index (χ1v) is 7.75. The van der Waals surface area contributed by atoms with Crippen molar-refractivity contribution in [3.63, 3.8) is 0 Å². The van der Waals surface area contributed by atoms with Gasteiger partial charge >= 0.3 is 0 Å². The Hall–Kier alpha value is -2.69. The van der Waals surface area contributed by atoms with Crippen LogP contribution < -0.4 is 11.5 Å². The Labute approximate surface area is 134 Å². The Morgan fingerprint density at radius 2 is 2.22 bits per heavy atom. The standard InChI is InChI=1S/C15H21N7O/c16-4-1-13(23)21-7-10-3-6-22(9-11(10)8-21)20-15(18)12-2-5-19-14(12)17/h2,5,10-11,19H,1,3,6-9,17H2,(H2,18,20). The van der Waals surface area contributed by atoms with Crippen molar-refractivity contribution >= 4 is 17.6 Å². The molecule has 8 nitrogen and oxygen atoms in total. The van der Waals surface area contributed by atoms with Gasteiger partial charge in [-0.1, -0.05) is 0 Å². The minimum atomic E-state index is -0.0726. The highest BCUT2D eigenvalue weighted by molar-refractivity contribution is 6.01. The van der Waals surface area contributed by atoms with E-state index in [1.807, 2.05) is 11.1 Å². The Bertz CT molecular complexity index is 659. The number of nitrogens with two attached hydrogens (primary N) is 2. The molecule has 2 saturated heterocycles. The van der Waals surface area contributed by atoms with Crippen molar-refractivity contribution in [2.75, 3.05) is 31.9 Å². The Morgan fingerprint density at radius 3 is 2.91 bits per heavy atom.